The standard InChI is InChI=1S/C9H16N2S/c1-8(2)4-7-12-9-10-5-6-11(9)3/h5-6,8H,4,7H2,1-3H3. The Morgan fingerprint density at radius 3 is 2.83 bits per heavy atom. The Morgan fingerprint density at radius 1 is 1.58 bits per heavy atom. The summed E-state index contributed by atoms with van der Waals surface area (Å²) < 4.78 is 2.06. The van der Waals surface area contributed by atoms with Crippen LogP contribution < -0.4 is 0 Å². The second kappa shape index (κ2) is 4.55. The third-order valence-corrected chi connectivity index (χ3v) is 2.79. The Labute approximate surface area is 78.4 Å². The summed E-state index contributed by atoms with van der Waals surface area (Å²) in [4.78, 5) is 4.24. The van der Waals surface area contributed by atoms with E-state index in [1.807, 2.05) is 31.2 Å². The summed E-state index contributed by atoms with van der Waals surface area (Å²) in [6, 6.07) is 0. The SMILES string of the molecule is CC(C)CCSc1nccn1C. The summed E-state index contributed by atoms with van der Waals surface area (Å²) in [5.41, 5.74) is 0. The number of imidazole rings is 1. The highest BCUT2D eigenvalue weighted by Crippen LogP contribution is 2.17. The van der Waals surface area contributed by atoms with Crippen LogP contribution in [-0.2, 0) is 7.05 Å². The molecule has 0 aromatic carbocycles. The summed E-state index contributed by atoms with van der Waals surface area (Å²) in [5, 5.41) is 1.12. The monoisotopic (exact) mass is 184 g/mol. The number of hydrogen-bond acceptors (Lipinski definition) is 2. The Bertz CT molecular complexity index is 230. The molecule has 0 saturated carbocycles. The molecule has 0 amide bonds. The Balaban J connectivity index is 2.29. The van der Waals surface area contributed by atoms with Crippen molar-refractivity contribution in [2.24, 2.45) is 13.0 Å². The fourth-order valence-corrected chi connectivity index (χ4v) is 2.05. The lowest BCUT2D eigenvalue weighted by molar-refractivity contribution is 0.631. The lowest BCUT2D eigenvalue weighted by Crippen LogP contribution is -1.93. The molecule has 0 saturated heterocycles. The largest absolute Gasteiger partial charge is 0.329 e. The molecule has 0 spiro atoms. The van der Waals surface area contributed by atoms with Gasteiger partial charge in [-0.15, -0.1) is 0 Å². The van der Waals surface area contributed by atoms with Crippen molar-refractivity contribution in [3.63, 3.8) is 0 Å². The number of hydrogen-bond donors (Lipinski definition) is 0. The van der Waals surface area contributed by atoms with Crippen LogP contribution in [0.5, 0.6) is 0 Å². The zero-order valence-electron chi connectivity index (χ0n) is 7.95. The van der Waals surface area contributed by atoms with Crippen LogP contribution >= 0.6 is 11.8 Å². The van der Waals surface area contributed by atoms with Crippen LogP contribution in [0, 0.1) is 5.92 Å². The van der Waals surface area contributed by atoms with Gasteiger partial charge in [-0.1, -0.05) is 25.6 Å². The predicted molar refractivity (Wildman–Crippen MR) is 53.4 cm³/mol. The average Bonchev–Trinajstić information content (AvgIpc) is 2.36. The molecule has 0 aliphatic heterocycles. The van der Waals surface area contributed by atoms with Gasteiger partial charge >= 0.3 is 0 Å². The number of aromatic nitrogens is 2. The molecule has 0 bridgehead atoms. The molecule has 0 atom stereocenters. The van der Waals surface area contributed by atoms with Gasteiger partial charge in [-0.3, -0.25) is 0 Å². The molecule has 2 nitrogen and oxygen atoms in total. The molecular formula is C9H16N2S. The van der Waals surface area contributed by atoms with E-state index in [4.69, 9.17) is 0 Å². The molecule has 1 heterocycles. The molecule has 3 heteroatoms. The number of aryl methyl sites for hydroxylation is 1. The Hall–Kier alpha value is -0.440. The zero-order chi connectivity index (χ0) is 8.97. The molecule has 1 aromatic rings. The third kappa shape index (κ3) is 2.89. The van der Waals surface area contributed by atoms with Crippen molar-refractivity contribution in [1.29, 1.82) is 0 Å². The first-order valence-corrected chi connectivity index (χ1v) is 5.29. The normalized spacial score (nSPS) is 11.0. The van der Waals surface area contributed by atoms with Gasteiger partial charge in [-0.2, -0.15) is 0 Å². The van der Waals surface area contributed by atoms with Crippen LogP contribution in [0.4, 0.5) is 0 Å². The van der Waals surface area contributed by atoms with Crippen molar-refractivity contribution in [1.82, 2.24) is 9.55 Å². The molecule has 0 fully saturated rings. The van der Waals surface area contributed by atoms with Crippen LogP contribution in [0.25, 0.3) is 0 Å². The molecule has 1 aromatic heterocycles. The van der Waals surface area contributed by atoms with E-state index in [2.05, 4.69) is 23.4 Å². The van der Waals surface area contributed by atoms with E-state index in [9.17, 15) is 0 Å². The highest BCUT2D eigenvalue weighted by atomic mass is 32.2. The van der Waals surface area contributed by atoms with Crippen molar-refractivity contribution in [3.8, 4) is 0 Å². The maximum atomic E-state index is 4.24. The smallest absolute Gasteiger partial charge is 0.167 e. The molecule has 0 aliphatic rings. The van der Waals surface area contributed by atoms with Gasteiger partial charge in [0.2, 0.25) is 0 Å². The minimum Gasteiger partial charge on any atom is -0.329 e. The lowest BCUT2D eigenvalue weighted by atomic mass is 10.2. The van der Waals surface area contributed by atoms with E-state index < -0.39 is 0 Å². The summed E-state index contributed by atoms with van der Waals surface area (Å²) in [5.74, 6) is 1.96. The number of nitrogens with zero attached hydrogens (tertiary/aromatic N) is 2. The second-order valence-electron chi connectivity index (χ2n) is 3.35. The molecule has 0 radical (unpaired) electrons. The highest BCUT2D eigenvalue weighted by molar-refractivity contribution is 7.99. The first kappa shape index (κ1) is 9.65. The highest BCUT2D eigenvalue weighted by Gasteiger charge is 2.00. The van der Waals surface area contributed by atoms with E-state index in [1.165, 1.54) is 12.2 Å². The van der Waals surface area contributed by atoms with Gasteiger partial charge in [0.15, 0.2) is 5.16 Å². The van der Waals surface area contributed by atoms with Gasteiger partial charge in [-0.25, -0.2) is 4.98 Å². The van der Waals surface area contributed by atoms with Crippen molar-refractivity contribution < 1.29 is 0 Å². The van der Waals surface area contributed by atoms with Crippen LogP contribution in [-0.4, -0.2) is 15.3 Å². The fraction of sp³-hybridized carbons (Fsp3) is 0.667. The molecule has 1 rings (SSSR count). The third-order valence-electron chi connectivity index (χ3n) is 1.70. The number of thioether (sulfide) groups is 1. The minimum atomic E-state index is 0.790. The van der Waals surface area contributed by atoms with Gasteiger partial charge in [0.1, 0.15) is 0 Å². The van der Waals surface area contributed by atoms with Crippen LogP contribution in [0.3, 0.4) is 0 Å². The maximum absolute atomic E-state index is 4.24. The first-order valence-electron chi connectivity index (χ1n) is 4.30. The van der Waals surface area contributed by atoms with Gasteiger partial charge in [0.05, 0.1) is 0 Å². The summed E-state index contributed by atoms with van der Waals surface area (Å²) in [6.07, 6.45) is 5.09. The molecule has 68 valence electrons. The van der Waals surface area contributed by atoms with Crippen molar-refractivity contribution in [3.05, 3.63) is 12.4 Å². The van der Waals surface area contributed by atoms with E-state index in [1.54, 1.807) is 0 Å². The summed E-state index contributed by atoms with van der Waals surface area (Å²) >= 11 is 1.83. The van der Waals surface area contributed by atoms with Crippen LogP contribution in [0.2, 0.25) is 0 Å². The summed E-state index contributed by atoms with van der Waals surface area (Å²) in [6.45, 7) is 4.50. The minimum absolute atomic E-state index is 0.790. The predicted octanol–water partition coefficient (Wildman–Crippen LogP) is 2.56. The molecular weight excluding hydrogens is 168 g/mol. The zero-order valence-corrected chi connectivity index (χ0v) is 8.77. The molecule has 12 heavy (non-hydrogen) atoms. The van der Waals surface area contributed by atoms with Gasteiger partial charge in [0.25, 0.3) is 0 Å². The lowest BCUT2D eigenvalue weighted by Gasteiger charge is -2.03. The maximum Gasteiger partial charge on any atom is 0.167 e. The average molecular weight is 184 g/mol. The fourth-order valence-electron chi connectivity index (χ4n) is 0.877. The topological polar surface area (TPSA) is 17.8 Å². The molecule has 0 N–H and O–H groups in total. The van der Waals surface area contributed by atoms with Gasteiger partial charge in [0, 0.05) is 25.2 Å². The Morgan fingerprint density at radius 2 is 2.33 bits per heavy atom. The van der Waals surface area contributed by atoms with E-state index in [0.29, 0.717) is 0 Å². The van der Waals surface area contributed by atoms with E-state index >= 15 is 0 Å². The van der Waals surface area contributed by atoms with Gasteiger partial charge < -0.3 is 4.57 Å². The van der Waals surface area contributed by atoms with Crippen molar-refractivity contribution in [2.75, 3.05) is 5.75 Å². The van der Waals surface area contributed by atoms with E-state index in [-0.39, 0.29) is 0 Å². The first-order chi connectivity index (χ1) is 5.70. The molecule has 0 unspecified atom stereocenters. The Kier molecular flexibility index (Phi) is 3.66. The van der Waals surface area contributed by atoms with Crippen LogP contribution in [0.1, 0.15) is 20.3 Å². The van der Waals surface area contributed by atoms with Gasteiger partial charge in [-0.05, 0) is 12.3 Å². The summed E-state index contributed by atoms with van der Waals surface area (Å²) in [7, 11) is 2.03. The van der Waals surface area contributed by atoms with E-state index in [0.717, 1.165) is 11.1 Å². The van der Waals surface area contributed by atoms with Crippen molar-refractivity contribution in [2.45, 2.75) is 25.4 Å². The van der Waals surface area contributed by atoms with Crippen LogP contribution in [0.15, 0.2) is 17.6 Å². The van der Waals surface area contributed by atoms with Crippen molar-refractivity contribution >= 4 is 11.8 Å². The molecule has 0 aliphatic carbocycles. The second-order valence-corrected chi connectivity index (χ2v) is 4.41. The quantitative estimate of drug-likeness (QED) is 0.669. The number of rotatable bonds is 4.